The van der Waals surface area contributed by atoms with Gasteiger partial charge in [0.2, 0.25) is 9.74 Å². The normalized spacial score (nSPS) is 16.5. The molecule has 0 spiro atoms. The molecule has 146 valence electrons. The van der Waals surface area contributed by atoms with Gasteiger partial charge in [0, 0.05) is 12.1 Å². The Kier molecular flexibility index (Phi) is 6.93. The van der Waals surface area contributed by atoms with Gasteiger partial charge in [-0.25, -0.2) is 4.98 Å². The molecule has 1 aliphatic rings. The molecule has 1 saturated heterocycles. The van der Waals surface area contributed by atoms with Crippen molar-refractivity contribution in [1.82, 2.24) is 19.9 Å². The van der Waals surface area contributed by atoms with Crippen molar-refractivity contribution in [1.29, 1.82) is 0 Å². The highest BCUT2D eigenvalue weighted by Gasteiger charge is 2.29. The number of aromatic nitrogens is 3. The summed E-state index contributed by atoms with van der Waals surface area (Å²) in [4.78, 5) is 15.3. The van der Waals surface area contributed by atoms with Crippen LogP contribution >= 0.6 is 58.0 Å². The van der Waals surface area contributed by atoms with E-state index in [0.29, 0.717) is 33.3 Å². The maximum absolute atomic E-state index is 6.11. The van der Waals surface area contributed by atoms with Crippen LogP contribution in [0.2, 0.25) is 10.0 Å². The number of alkyl halides is 3. The summed E-state index contributed by atoms with van der Waals surface area (Å²) in [5.74, 6) is 1.32. The lowest BCUT2D eigenvalue weighted by molar-refractivity contribution is 0.226. The van der Waals surface area contributed by atoms with Crippen LogP contribution < -0.4 is 5.32 Å². The third kappa shape index (κ3) is 5.72. The summed E-state index contributed by atoms with van der Waals surface area (Å²) in [5, 5.41) is 4.10. The van der Waals surface area contributed by atoms with Crippen molar-refractivity contribution < 1.29 is 0 Å². The average Bonchev–Trinajstić information content (AvgIpc) is 2.62. The van der Waals surface area contributed by atoms with Crippen molar-refractivity contribution in [2.75, 3.05) is 32.0 Å². The molecule has 3 rings (SSSR count). The van der Waals surface area contributed by atoms with Crippen molar-refractivity contribution in [2.24, 2.45) is 5.92 Å². The summed E-state index contributed by atoms with van der Waals surface area (Å²) >= 11 is 30.1. The summed E-state index contributed by atoms with van der Waals surface area (Å²) in [7, 11) is 2.13. The molecule has 0 amide bonds. The van der Waals surface area contributed by atoms with E-state index in [1.807, 2.05) is 0 Å². The first kappa shape index (κ1) is 21.2. The van der Waals surface area contributed by atoms with Crippen molar-refractivity contribution in [2.45, 2.75) is 16.6 Å². The van der Waals surface area contributed by atoms with Crippen LogP contribution in [-0.2, 0) is 3.79 Å². The SMILES string of the molecule is CN1CCC(CNc2nc(-c3ccc(Cl)c(Cl)c3)nc(C(Cl)(Cl)Cl)n2)CC1. The predicted molar refractivity (Wildman–Crippen MR) is 113 cm³/mol. The topological polar surface area (TPSA) is 53.9 Å². The van der Waals surface area contributed by atoms with Gasteiger partial charge in [-0.3, -0.25) is 0 Å². The van der Waals surface area contributed by atoms with Crippen LogP contribution in [0.3, 0.4) is 0 Å². The molecule has 27 heavy (non-hydrogen) atoms. The Balaban J connectivity index is 1.85. The van der Waals surface area contributed by atoms with Crippen LogP contribution in [0.25, 0.3) is 11.4 Å². The number of benzene rings is 1. The summed E-state index contributed by atoms with van der Waals surface area (Å²) in [6.45, 7) is 2.91. The molecule has 0 aliphatic carbocycles. The molecule has 2 aromatic rings. The number of hydrogen-bond donors (Lipinski definition) is 1. The molecule has 1 aliphatic heterocycles. The van der Waals surface area contributed by atoms with Crippen molar-refractivity contribution in [3.05, 3.63) is 34.1 Å². The zero-order valence-electron chi connectivity index (χ0n) is 14.5. The quantitative estimate of drug-likeness (QED) is 0.606. The minimum absolute atomic E-state index is 0.0504. The number of likely N-dealkylation sites (tertiary alicyclic amines) is 1. The smallest absolute Gasteiger partial charge is 0.250 e. The second kappa shape index (κ2) is 8.85. The van der Waals surface area contributed by atoms with E-state index >= 15 is 0 Å². The second-order valence-corrected chi connectivity index (χ2v) is 9.66. The molecule has 0 radical (unpaired) electrons. The highest BCUT2D eigenvalue weighted by molar-refractivity contribution is 6.66. The number of rotatable bonds is 4. The van der Waals surface area contributed by atoms with E-state index < -0.39 is 3.79 Å². The molecule has 10 heteroatoms. The highest BCUT2D eigenvalue weighted by Crippen LogP contribution is 2.37. The first-order chi connectivity index (χ1) is 12.7. The highest BCUT2D eigenvalue weighted by atomic mass is 35.6. The van der Waals surface area contributed by atoms with Gasteiger partial charge in [-0.2, -0.15) is 9.97 Å². The van der Waals surface area contributed by atoms with Crippen molar-refractivity contribution >= 4 is 64.0 Å². The van der Waals surface area contributed by atoms with Crippen molar-refractivity contribution in [3.63, 3.8) is 0 Å². The van der Waals surface area contributed by atoms with Crippen LogP contribution in [0.4, 0.5) is 5.95 Å². The van der Waals surface area contributed by atoms with Crippen LogP contribution in [0, 0.1) is 5.92 Å². The predicted octanol–water partition coefficient (Wildman–Crippen LogP) is 5.43. The maximum Gasteiger partial charge on any atom is 0.250 e. The molecular weight excluding hydrogens is 451 g/mol. The monoisotopic (exact) mass is 467 g/mol. The van der Waals surface area contributed by atoms with Gasteiger partial charge in [-0.05, 0) is 57.1 Å². The van der Waals surface area contributed by atoms with Crippen LogP contribution in [0.15, 0.2) is 18.2 Å². The minimum atomic E-state index is -1.77. The van der Waals surface area contributed by atoms with E-state index in [4.69, 9.17) is 58.0 Å². The first-order valence-corrected chi connectivity index (χ1v) is 10.3. The average molecular weight is 470 g/mol. The van der Waals surface area contributed by atoms with E-state index in [0.717, 1.165) is 32.5 Å². The molecule has 2 heterocycles. The van der Waals surface area contributed by atoms with Gasteiger partial charge in [-0.15, -0.1) is 0 Å². The Morgan fingerprint density at radius 3 is 2.41 bits per heavy atom. The minimum Gasteiger partial charge on any atom is -0.354 e. The molecule has 1 aromatic heterocycles. The molecule has 0 bridgehead atoms. The Morgan fingerprint density at radius 1 is 1.07 bits per heavy atom. The third-order valence-electron chi connectivity index (χ3n) is 4.45. The van der Waals surface area contributed by atoms with Gasteiger partial charge in [0.15, 0.2) is 11.6 Å². The maximum atomic E-state index is 6.11. The molecule has 1 N–H and O–H groups in total. The van der Waals surface area contributed by atoms with Gasteiger partial charge in [0.25, 0.3) is 0 Å². The lowest BCUT2D eigenvalue weighted by atomic mass is 9.97. The number of halogens is 5. The molecule has 5 nitrogen and oxygen atoms in total. The summed E-state index contributed by atoms with van der Waals surface area (Å²) < 4.78 is -1.77. The number of piperidine rings is 1. The Labute approximate surface area is 183 Å². The second-order valence-electron chi connectivity index (χ2n) is 6.56. The van der Waals surface area contributed by atoms with Crippen molar-refractivity contribution in [3.8, 4) is 11.4 Å². The molecule has 1 aromatic carbocycles. The number of anilines is 1. The van der Waals surface area contributed by atoms with E-state index in [1.165, 1.54) is 0 Å². The number of hydrogen-bond acceptors (Lipinski definition) is 5. The van der Waals surface area contributed by atoms with E-state index in [-0.39, 0.29) is 5.82 Å². The number of nitrogens with zero attached hydrogens (tertiary/aromatic N) is 4. The van der Waals surface area contributed by atoms with Crippen LogP contribution in [0.5, 0.6) is 0 Å². The van der Waals surface area contributed by atoms with Crippen LogP contribution in [-0.4, -0.2) is 46.5 Å². The zero-order valence-corrected chi connectivity index (χ0v) is 18.3. The molecule has 0 unspecified atom stereocenters. The Bertz CT molecular complexity index is 803. The summed E-state index contributed by atoms with van der Waals surface area (Å²) in [6.07, 6.45) is 2.23. The van der Waals surface area contributed by atoms with E-state index in [9.17, 15) is 0 Å². The van der Waals surface area contributed by atoms with Crippen LogP contribution in [0.1, 0.15) is 18.7 Å². The summed E-state index contributed by atoms with van der Waals surface area (Å²) in [6, 6.07) is 5.10. The van der Waals surface area contributed by atoms with Gasteiger partial charge in [0.1, 0.15) is 0 Å². The Hall–Kier alpha value is -0.560. The van der Waals surface area contributed by atoms with Gasteiger partial charge >= 0.3 is 0 Å². The van der Waals surface area contributed by atoms with Gasteiger partial charge < -0.3 is 10.2 Å². The lowest BCUT2D eigenvalue weighted by Crippen LogP contribution is -2.33. The van der Waals surface area contributed by atoms with Gasteiger partial charge in [0.05, 0.1) is 10.0 Å². The third-order valence-corrected chi connectivity index (χ3v) is 5.70. The van der Waals surface area contributed by atoms with E-state index in [2.05, 4.69) is 32.2 Å². The molecule has 0 atom stereocenters. The van der Waals surface area contributed by atoms with Gasteiger partial charge in [-0.1, -0.05) is 58.0 Å². The molecule has 1 fully saturated rings. The standard InChI is InChI=1S/C17H18Cl5N5/c1-27-6-4-10(5-7-27)9-23-16-25-14(24-15(26-16)17(20,21)22)11-2-3-12(18)13(19)8-11/h2-3,8,10H,4-7,9H2,1H3,(H,23,24,25,26). The number of nitrogens with one attached hydrogen (secondary N) is 1. The lowest BCUT2D eigenvalue weighted by Gasteiger charge is -2.29. The molecular formula is C17H18Cl5N5. The fourth-order valence-corrected chi connectivity index (χ4v) is 3.40. The zero-order chi connectivity index (χ0) is 19.6. The largest absolute Gasteiger partial charge is 0.354 e. The van der Waals surface area contributed by atoms with E-state index in [1.54, 1.807) is 18.2 Å². The fraction of sp³-hybridized carbons (Fsp3) is 0.471. The Morgan fingerprint density at radius 2 is 1.78 bits per heavy atom. The summed E-state index contributed by atoms with van der Waals surface area (Å²) in [5.41, 5.74) is 0.657. The fourth-order valence-electron chi connectivity index (χ4n) is 2.85. The molecule has 0 saturated carbocycles. The first-order valence-electron chi connectivity index (χ1n) is 8.43.